The molecule has 1 aromatic carbocycles. The molecule has 1 atom stereocenters. The van der Waals surface area contributed by atoms with Gasteiger partial charge in [0.1, 0.15) is 0 Å². The Hall–Kier alpha value is -1.02. The molecule has 2 rings (SSSR count). The third-order valence-corrected chi connectivity index (χ3v) is 4.46. The summed E-state index contributed by atoms with van der Waals surface area (Å²) in [5.41, 5.74) is 4.21. The van der Waals surface area contributed by atoms with Gasteiger partial charge in [-0.05, 0) is 48.8 Å². The lowest BCUT2D eigenvalue weighted by Crippen LogP contribution is -2.10. The van der Waals surface area contributed by atoms with Gasteiger partial charge in [-0.2, -0.15) is 0 Å². The summed E-state index contributed by atoms with van der Waals surface area (Å²) in [7, 11) is 0. The van der Waals surface area contributed by atoms with Crippen LogP contribution in [0.5, 0.6) is 0 Å². The van der Waals surface area contributed by atoms with E-state index in [2.05, 4.69) is 51.1 Å². The first-order valence-corrected chi connectivity index (χ1v) is 7.62. The van der Waals surface area contributed by atoms with Crippen LogP contribution >= 0.6 is 11.8 Å². The molecule has 96 valence electrons. The van der Waals surface area contributed by atoms with Crippen LogP contribution in [0.15, 0.2) is 35.3 Å². The molecule has 18 heavy (non-hydrogen) atoms. The highest BCUT2D eigenvalue weighted by atomic mass is 32.2. The molecule has 1 aliphatic rings. The molecule has 0 N–H and O–H groups in total. The number of aryl methyl sites for hydroxylation is 2. The minimum atomic E-state index is 0.456. The lowest BCUT2D eigenvalue weighted by atomic mass is 9.90. The summed E-state index contributed by atoms with van der Waals surface area (Å²) < 4.78 is 0. The van der Waals surface area contributed by atoms with E-state index in [0.29, 0.717) is 5.92 Å². The monoisotopic (exact) mass is 259 g/mol. The molecule has 0 radical (unpaired) electrons. The lowest BCUT2D eigenvalue weighted by molar-refractivity contribution is 0.829. The molecule has 1 unspecified atom stereocenters. The standard InChI is InChI=1S/C16H21NS/c1-4-10-18-15-9-8-14(11-17-15)16-12(2)6-5-7-13(16)3/h5-9,14H,4,10-11H2,1-3H3. The summed E-state index contributed by atoms with van der Waals surface area (Å²) in [6.45, 7) is 7.50. The Labute approximate surface area is 114 Å². The number of aliphatic imine (C=N–C) groups is 1. The minimum Gasteiger partial charge on any atom is -0.277 e. The van der Waals surface area contributed by atoms with Crippen LogP contribution in [0.3, 0.4) is 0 Å². The van der Waals surface area contributed by atoms with Gasteiger partial charge in [-0.15, -0.1) is 11.8 Å². The molecule has 0 aliphatic carbocycles. The Bertz CT molecular complexity index is 454. The van der Waals surface area contributed by atoms with Crippen molar-refractivity contribution in [1.29, 1.82) is 0 Å². The largest absolute Gasteiger partial charge is 0.277 e. The van der Waals surface area contributed by atoms with Gasteiger partial charge in [0.25, 0.3) is 0 Å². The summed E-state index contributed by atoms with van der Waals surface area (Å²) in [5, 5.41) is 1.19. The highest BCUT2D eigenvalue weighted by Gasteiger charge is 2.16. The van der Waals surface area contributed by atoms with Gasteiger partial charge < -0.3 is 0 Å². The molecule has 1 aliphatic heterocycles. The molecule has 1 nitrogen and oxygen atoms in total. The first kappa shape index (κ1) is 13.4. The van der Waals surface area contributed by atoms with Crippen molar-refractivity contribution in [3.8, 4) is 0 Å². The Kier molecular flexibility index (Phi) is 4.65. The van der Waals surface area contributed by atoms with Crippen LogP contribution in [0.25, 0.3) is 0 Å². The molecule has 1 heterocycles. The zero-order valence-electron chi connectivity index (χ0n) is 11.4. The van der Waals surface area contributed by atoms with Gasteiger partial charge in [-0.3, -0.25) is 4.99 Å². The van der Waals surface area contributed by atoms with Crippen molar-refractivity contribution in [3.63, 3.8) is 0 Å². The SMILES string of the molecule is CCCSC1=NCC(c2c(C)cccc2C)C=C1. The van der Waals surface area contributed by atoms with Crippen molar-refractivity contribution in [2.24, 2.45) is 4.99 Å². The molecule has 0 amide bonds. The molecule has 0 saturated heterocycles. The van der Waals surface area contributed by atoms with Crippen LogP contribution in [0.1, 0.15) is 36.0 Å². The van der Waals surface area contributed by atoms with Crippen molar-refractivity contribution in [2.45, 2.75) is 33.1 Å². The van der Waals surface area contributed by atoms with E-state index < -0.39 is 0 Å². The third-order valence-electron chi connectivity index (χ3n) is 3.28. The Morgan fingerprint density at radius 1 is 1.28 bits per heavy atom. The van der Waals surface area contributed by atoms with Gasteiger partial charge >= 0.3 is 0 Å². The average molecular weight is 259 g/mol. The molecule has 0 spiro atoms. The van der Waals surface area contributed by atoms with Crippen LogP contribution in [0.4, 0.5) is 0 Å². The quantitative estimate of drug-likeness (QED) is 0.778. The molecule has 0 saturated carbocycles. The summed E-state index contributed by atoms with van der Waals surface area (Å²) in [6, 6.07) is 6.52. The van der Waals surface area contributed by atoms with Crippen LogP contribution < -0.4 is 0 Å². The Morgan fingerprint density at radius 2 is 2.00 bits per heavy atom. The van der Waals surface area contributed by atoms with Crippen molar-refractivity contribution in [1.82, 2.24) is 0 Å². The van der Waals surface area contributed by atoms with E-state index in [1.54, 1.807) is 0 Å². The average Bonchev–Trinajstić information content (AvgIpc) is 2.37. The third kappa shape index (κ3) is 3.05. The van der Waals surface area contributed by atoms with E-state index in [4.69, 9.17) is 4.99 Å². The molecular formula is C16H21NS. The highest BCUT2D eigenvalue weighted by Crippen LogP contribution is 2.28. The molecule has 0 fully saturated rings. The first-order valence-electron chi connectivity index (χ1n) is 6.64. The summed E-state index contributed by atoms with van der Waals surface area (Å²) >= 11 is 1.87. The fourth-order valence-corrected chi connectivity index (χ4v) is 3.15. The maximum atomic E-state index is 4.70. The number of thioether (sulfide) groups is 1. The summed E-state index contributed by atoms with van der Waals surface area (Å²) in [5.74, 6) is 1.62. The van der Waals surface area contributed by atoms with Gasteiger partial charge in [0, 0.05) is 5.92 Å². The zero-order chi connectivity index (χ0) is 13.0. The normalized spacial score (nSPS) is 18.8. The second-order valence-corrected chi connectivity index (χ2v) is 5.91. The second-order valence-electron chi connectivity index (χ2n) is 4.80. The molecule has 1 aromatic rings. The van der Waals surface area contributed by atoms with E-state index in [9.17, 15) is 0 Å². The number of hydrogen-bond donors (Lipinski definition) is 0. The van der Waals surface area contributed by atoms with E-state index >= 15 is 0 Å². The molecular weight excluding hydrogens is 238 g/mol. The maximum absolute atomic E-state index is 4.70. The number of benzene rings is 1. The second kappa shape index (κ2) is 6.24. The fraction of sp³-hybridized carbons (Fsp3) is 0.438. The van der Waals surface area contributed by atoms with Crippen molar-refractivity contribution in [3.05, 3.63) is 47.0 Å². The first-order chi connectivity index (χ1) is 8.72. The van der Waals surface area contributed by atoms with Gasteiger partial charge in [-0.25, -0.2) is 0 Å². The van der Waals surface area contributed by atoms with Gasteiger partial charge in [0.15, 0.2) is 0 Å². The molecule has 0 bridgehead atoms. The van der Waals surface area contributed by atoms with Crippen LogP contribution in [-0.2, 0) is 0 Å². The minimum absolute atomic E-state index is 0.456. The molecule has 2 heteroatoms. The fourth-order valence-electron chi connectivity index (χ4n) is 2.40. The Balaban J connectivity index is 2.11. The van der Waals surface area contributed by atoms with Crippen molar-refractivity contribution in [2.75, 3.05) is 12.3 Å². The van der Waals surface area contributed by atoms with Crippen LogP contribution in [0, 0.1) is 13.8 Å². The van der Waals surface area contributed by atoms with Gasteiger partial charge in [0.05, 0.1) is 11.6 Å². The topological polar surface area (TPSA) is 12.4 Å². The van der Waals surface area contributed by atoms with E-state index in [1.807, 2.05) is 11.8 Å². The molecule has 0 aromatic heterocycles. The predicted molar refractivity (Wildman–Crippen MR) is 82.8 cm³/mol. The van der Waals surface area contributed by atoms with E-state index in [-0.39, 0.29) is 0 Å². The van der Waals surface area contributed by atoms with Gasteiger partial charge in [0.2, 0.25) is 0 Å². The Morgan fingerprint density at radius 3 is 2.56 bits per heavy atom. The number of rotatable bonds is 3. The van der Waals surface area contributed by atoms with Crippen molar-refractivity contribution >= 4 is 16.8 Å². The summed E-state index contributed by atoms with van der Waals surface area (Å²) in [4.78, 5) is 4.70. The van der Waals surface area contributed by atoms with Crippen LogP contribution in [0.2, 0.25) is 0 Å². The summed E-state index contributed by atoms with van der Waals surface area (Å²) in [6.07, 6.45) is 5.72. The predicted octanol–water partition coefficient (Wildman–Crippen LogP) is 4.50. The number of dihydropyridines is 1. The van der Waals surface area contributed by atoms with Crippen molar-refractivity contribution < 1.29 is 0 Å². The maximum Gasteiger partial charge on any atom is 0.0901 e. The van der Waals surface area contributed by atoms with E-state index in [0.717, 1.165) is 12.3 Å². The van der Waals surface area contributed by atoms with E-state index in [1.165, 1.54) is 28.2 Å². The van der Waals surface area contributed by atoms with Gasteiger partial charge in [-0.1, -0.05) is 31.2 Å². The zero-order valence-corrected chi connectivity index (χ0v) is 12.3. The van der Waals surface area contributed by atoms with Crippen LogP contribution in [-0.4, -0.2) is 17.3 Å². The number of hydrogen-bond acceptors (Lipinski definition) is 2. The number of nitrogens with zero attached hydrogens (tertiary/aromatic N) is 1. The highest BCUT2D eigenvalue weighted by molar-refractivity contribution is 8.14. The smallest absolute Gasteiger partial charge is 0.0901 e. The lowest BCUT2D eigenvalue weighted by Gasteiger charge is -2.20.